The summed E-state index contributed by atoms with van der Waals surface area (Å²) in [5.74, 6) is -0.310. The van der Waals surface area contributed by atoms with Gasteiger partial charge in [0.05, 0.1) is 5.69 Å². The van der Waals surface area contributed by atoms with Crippen molar-refractivity contribution in [2.45, 2.75) is 47.0 Å². The molecule has 0 radical (unpaired) electrons. The van der Waals surface area contributed by atoms with Crippen molar-refractivity contribution in [1.29, 1.82) is 0 Å². The van der Waals surface area contributed by atoms with Crippen molar-refractivity contribution in [3.8, 4) is 0 Å². The van der Waals surface area contributed by atoms with Gasteiger partial charge in [0.1, 0.15) is 5.69 Å². The molecule has 3 aromatic rings. The molecule has 0 bridgehead atoms. The Morgan fingerprint density at radius 3 is 2.30 bits per heavy atom. The molecule has 0 atom stereocenters. The van der Waals surface area contributed by atoms with E-state index in [0.717, 1.165) is 22.4 Å². The fourth-order valence-corrected chi connectivity index (χ4v) is 3.34. The lowest BCUT2D eigenvalue weighted by molar-refractivity contribution is 0.101. The van der Waals surface area contributed by atoms with Gasteiger partial charge < -0.3 is 5.32 Å². The monoisotopic (exact) mass is 403 g/mol. The maximum Gasteiger partial charge on any atom is 0.273 e. The predicted octanol–water partition coefficient (Wildman–Crippen LogP) is 5.13. The standard InChI is InChI=1S/C25H29N3O2/c1-15-11-12-20(17(3)16(15)2)23(29)18-9-8-10-19(13-18)26-24(30)21-14-22(25(4,5)6)27-28(21)7/h8-14H,1-7H3,(H,26,30). The first-order valence-electron chi connectivity index (χ1n) is 10.1. The van der Waals surface area contributed by atoms with E-state index in [1.165, 1.54) is 0 Å². The summed E-state index contributed by atoms with van der Waals surface area (Å²) >= 11 is 0. The van der Waals surface area contributed by atoms with E-state index in [1.54, 1.807) is 36.0 Å². The fraction of sp³-hybridized carbons (Fsp3) is 0.320. The summed E-state index contributed by atoms with van der Waals surface area (Å²) in [4.78, 5) is 25.9. The molecule has 1 heterocycles. The quantitative estimate of drug-likeness (QED) is 0.615. The van der Waals surface area contributed by atoms with E-state index in [-0.39, 0.29) is 17.1 Å². The highest BCUT2D eigenvalue weighted by Gasteiger charge is 2.22. The van der Waals surface area contributed by atoms with Gasteiger partial charge in [0.15, 0.2) is 5.78 Å². The van der Waals surface area contributed by atoms with E-state index in [1.807, 2.05) is 39.0 Å². The molecule has 0 unspecified atom stereocenters. The lowest BCUT2D eigenvalue weighted by Crippen LogP contribution is -2.16. The molecule has 0 aliphatic heterocycles. The molecule has 0 spiro atoms. The molecule has 0 saturated carbocycles. The lowest BCUT2D eigenvalue weighted by atomic mass is 9.92. The summed E-state index contributed by atoms with van der Waals surface area (Å²) in [6.45, 7) is 12.2. The van der Waals surface area contributed by atoms with Crippen LogP contribution in [0.25, 0.3) is 0 Å². The number of anilines is 1. The first-order chi connectivity index (χ1) is 14.0. The molecule has 30 heavy (non-hydrogen) atoms. The minimum absolute atomic E-state index is 0.0535. The minimum atomic E-state index is -0.257. The molecule has 0 saturated heterocycles. The molecule has 1 N–H and O–H groups in total. The molecule has 0 fully saturated rings. The first kappa shape index (κ1) is 21.5. The fourth-order valence-electron chi connectivity index (χ4n) is 3.34. The van der Waals surface area contributed by atoms with Crippen LogP contribution in [0.15, 0.2) is 42.5 Å². The number of nitrogens with one attached hydrogen (secondary N) is 1. The Morgan fingerprint density at radius 1 is 0.967 bits per heavy atom. The van der Waals surface area contributed by atoms with Crippen molar-refractivity contribution < 1.29 is 9.59 Å². The first-order valence-corrected chi connectivity index (χ1v) is 10.1. The van der Waals surface area contributed by atoms with E-state index < -0.39 is 0 Å². The number of hydrogen-bond donors (Lipinski definition) is 1. The Bertz CT molecular complexity index is 1130. The molecular weight excluding hydrogens is 374 g/mol. The third-order valence-corrected chi connectivity index (χ3v) is 5.57. The van der Waals surface area contributed by atoms with E-state index >= 15 is 0 Å². The molecular formula is C25H29N3O2. The van der Waals surface area contributed by atoms with Gasteiger partial charge in [-0.1, -0.05) is 45.0 Å². The molecule has 156 valence electrons. The summed E-state index contributed by atoms with van der Waals surface area (Å²) < 4.78 is 1.59. The number of aromatic nitrogens is 2. The number of amides is 1. The molecule has 1 aromatic heterocycles. The van der Waals surface area contributed by atoms with Crippen LogP contribution < -0.4 is 5.32 Å². The van der Waals surface area contributed by atoms with Crippen molar-refractivity contribution in [3.63, 3.8) is 0 Å². The van der Waals surface area contributed by atoms with E-state index in [4.69, 9.17) is 0 Å². The van der Waals surface area contributed by atoms with Gasteiger partial charge >= 0.3 is 0 Å². The number of ketones is 1. The second-order valence-corrected chi connectivity index (χ2v) is 8.83. The maximum atomic E-state index is 13.1. The summed E-state index contributed by atoms with van der Waals surface area (Å²) in [7, 11) is 1.76. The smallest absolute Gasteiger partial charge is 0.273 e. The summed E-state index contributed by atoms with van der Waals surface area (Å²) in [6.07, 6.45) is 0. The zero-order chi connectivity index (χ0) is 22.2. The van der Waals surface area contributed by atoms with Gasteiger partial charge in [0.25, 0.3) is 5.91 Å². The topological polar surface area (TPSA) is 64.0 Å². The van der Waals surface area contributed by atoms with Gasteiger partial charge in [-0.2, -0.15) is 5.10 Å². The van der Waals surface area contributed by atoms with Gasteiger partial charge in [-0.25, -0.2) is 0 Å². The molecule has 5 nitrogen and oxygen atoms in total. The van der Waals surface area contributed by atoms with Gasteiger partial charge in [-0.05, 0) is 55.7 Å². The van der Waals surface area contributed by atoms with Crippen molar-refractivity contribution in [2.75, 3.05) is 5.32 Å². The minimum Gasteiger partial charge on any atom is -0.321 e. The number of rotatable bonds is 4. The third-order valence-electron chi connectivity index (χ3n) is 5.57. The maximum absolute atomic E-state index is 13.1. The molecule has 2 aromatic carbocycles. The lowest BCUT2D eigenvalue weighted by Gasteiger charge is -2.13. The number of carbonyl (C=O) groups excluding carboxylic acids is 2. The molecule has 0 aliphatic carbocycles. The van der Waals surface area contributed by atoms with Gasteiger partial charge in [-0.3, -0.25) is 14.3 Å². The second kappa shape index (κ2) is 7.90. The predicted molar refractivity (Wildman–Crippen MR) is 120 cm³/mol. The van der Waals surface area contributed by atoms with Crippen LogP contribution >= 0.6 is 0 Å². The normalized spacial score (nSPS) is 11.4. The zero-order valence-electron chi connectivity index (χ0n) is 18.8. The Kier molecular flexibility index (Phi) is 5.66. The zero-order valence-corrected chi connectivity index (χ0v) is 18.8. The number of benzene rings is 2. The van der Waals surface area contributed by atoms with Crippen molar-refractivity contribution in [2.24, 2.45) is 7.05 Å². The number of aryl methyl sites for hydroxylation is 2. The van der Waals surface area contributed by atoms with E-state index in [9.17, 15) is 9.59 Å². The Balaban J connectivity index is 1.86. The second-order valence-electron chi connectivity index (χ2n) is 8.83. The highest BCUT2D eigenvalue weighted by atomic mass is 16.2. The molecule has 3 rings (SSSR count). The van der Waals surface area contributed by atoms with Crippen LogP contribution in [0, 0.1) is 20.8 Å². The Morgan fingerprint density at radius 2 is 1.67 bits per heavy atom. The van der Waals surface area contributed by atoms with Crippen LogP contribution in [0.2, 0.25) is 0 Å². The van der Waals surface area contributed by atoms with Crippen LogP contribution in [-0.2, 0) is 12.5 Å². The van der Waals surface area contributed by atoms with E-state index in [2.05, 4.69) is 31.2 Å². The van der Waals surface area contributed by atoms with Gasteiger partial charge in [0, 0.05) is 29.3 Å². The summed E-state index contributed by atoms with van der Waals surface area (Å²) in [5.41, 5.74) is 6.25. The molecule has 5 heteroatoms. The molecule has 0 aliphatic rings. The number of nitrogens with zero attached hydrogens (tertiary/aromatic N) is 2. The summed E-state index contributed by atoms with van der Waals surface area (Å²) in [5, 5.41) is 7.35. The van der Waals surface area contributed by atoms with Crippen LogP contribution in [0.1, 0.15) is 69.6 Å². The Hall–Kier alpha value is -3.21. The average molecular weight is 404 g/mol. The van der Waals surface area contributed by atoms with Crippen LogP contribution in [0.3, 0.4) is 0 Å². The number of hydrogen-bond acceptors (Lipinski definition) is 3. The van der Waals surface area contributed by atoms with Crippen molar-refractivity contribution >= 4 is 17.4 Å². The highest BCUT2D eigenvalue weighted by Crippen LogP contribution is 2.23. The summed E-state index contributed by atoms with van der Waals surface area (Å²) in [6, 6.07) is 12.7. The van der Waals surface area contributed by atoms with Crippen molar-refractivity contribution in [3.05, 3.63) is 81.7 Å². The van der Waals surface area contributed by atoms with Crippen molar-refractivity contribution in [1.82, 2.24) is 9.78 Å². The van der Waals surface area contributed by atoms with Crippen LogP contribution in [0.4, 0.5) is 5.69 Å². The van der Waals surface area contributed by atoms with E-state index in [0.29, 0.717) is 22.5 Å². The van der Waals surface area contributed by atoms with Gasteiger partial charge in [-0.15, -0.1) is 0 Å². The largest absolute Gasteiger partial charge is 0.321 e. The average Bonchev–Trinajstić information content (AvgIpc) is 3.08. The SMILES string of the molecule is Cc1ccc(C(=O)c2cccc(NC(=O)c3cc(C(C)(C)C)nn3C)c2)c(C)c1C. The third kappa shape index (κ3) is 4.20. The number of carbonyl (C=O) groups is 2. The van der Waals surface area contributed by atoms with Crippen LogP contribution in [0.5, 0.6) is 0 Å². The highest BCUT2D eigenvalue weighted by molar-refractivity contribution is 6.11. The van der Waals surface area contributed by atoms with Crippen LogP contribution in [-0.4, -0.2) is 21.5 Å². The molecule has 1 amide bonds. The Labute approximate surface area is 178 Å². The van der Waals surface area contributed by atoms with Gasteiger partial charge in [0.2, 0.25) is 0 Å².